The van der Waals surface area contributed by atoms with E-state index in [9.17, 15) is 4.79 Å². The van der Waals surface area contributed by atoms with Crippen LogP contribution >= 0.6 is 0 Å². The summed E-state index contributed by atoms with van der Waals surface area (Å²) in [5, 5.41) is 0. The van der Waals surface area contributed by atoms with Gasteiger partial charge in [-0.3, -0.25) is 4.79 Å². The average Bonchev–Trinajstić information content (AvgIpc) is 2.38. The lowest BCUT2D eigenvalue weighted by Crippen LogP contribution is -2.32. The van der Waals surface area contributed by atoms with Gasteiger partial charge in [0.15, 0.2) is 0 Å². The van der Waals surface area contributed by atoms with Crippen molar-refractivity contribution in [1.82, 2.24) is 0 Å². The molecule has 2 saturated carbocycles. The monoisotopic (exact) mass is 196 g/mol. The molecule has 82 valence electrons. The maximum absolute atomic E-state index is 11.6. The van der Waals surface area contributed by atoms with Crippen LogP contribution in [-0.2, 0) is 4.79 Å². The van der Waals surface area contributed by atoms with Crippen molar-refractivity contribution in [3.05, 3.63) is 0 Å². The van der Waals surface area contributed by atoms with Crippen molar-refractivity contribution in [3.8, 4) is 0 Å². The van der Waals surface area contributed by atoms with E-state index in [1.807, 2.05) is 0 Å². The van der Waals surface area contributed by atoms with Crippen molar-refractivity contribution in [2.75, 3.05) is 0 Å². The van der Waals surface area contributed by atoms with Crippen LogP contribution < -0.4 is 0 Å². The molecule has 2 aliphatic carbocycles. The molecule has 2 fully saturated rings. The summed E-state index contributed by atoms with van der Waals surface area (Å²) in [7, 11) is 0. The molecule has 0 aromatic heterocycles. The second kappa shape index (κ2) is 3.67. The van der Waals surface area contributed by atoms with E-state index in [0.29, 0.717) is 11.7 Å². The van der Waals surface area contributed by atoms with Crippen LogP contribution in [0.1, 0.15) is 60.3 Å². The first-order chi connectivity index (χ1) is 6.40. The number of carbonyl (C=O) groups is 1. The van der Waals surface area contributed by atoms with Gasteiger partial charge in [0.25, 0.3) is 0 Å². The second-order valence-electron chi connectivity index (χ2n) is 5.62. The van der Waals surface area contributed by atoms with Crippen LogP contribution in [0, 0.1) is 16.7 Å². The molecular weight excluding hydrogens is 172 g/mol. The Labute approximate surface area is 88.3 Å². The summed E-state index contributed by atoms with van der Waals surface area (Å²) in [5.41, 5.74) is 0.307. The molecule has 0 aliphatic heterocycles. The van der Waals surface area contributed by atoms with Gasteiger partial charge >= 0.3 is 0 Å². The zero-order valence-electron chi connectivity index (χ0n) is 10.3. The van der Waals surface area contributed by atoms with Crippen molar-refractivity contribution in [2.45, 2.75) is 60.3 Å². The Morgan fingerprint density at radius 2 is 1.79 bits per heavy atom. The number of fused-ring (bicyclic) bond motifs is 2. The summed E-state index contributed by atoms with van der Waals surface area (Å²) in [4.78, 5) is 11.6. The van der Waals surface area contributed by atoms with Gasteiger partial charge in [0.05, 0.1) is 0 Å². The molecule has 0 amide bonds. The molecule has 14 heavy (non-hydrogen) atoms. The third-order valence-corrected chi connectivity index (χ3v) is 4.48. The van der Waals surface area contributed by atoms with E-state index >= 15 is 0 Å². The van der Waals surface area contributed by atoms with E-state index in [4.69, 9.17) is 0 Å². The molecule has 0 radical (unpaired) electrons. The topological polar surface area (TPSA) is 17.1 Å². The van der Waals surface area contributed by atoms with Crippen molar-refractivity contribution >= 4 is 5.78 Å². The van der Waals surface area contributed by atoms with E-state index < -0.39 is 0 Å². The van der Waals surface area contributed by atoms with Crippen LogP contribution in [0.3, 0.4) is 0 Å². The van der Waals surface area contributed by atoms with E-state index in [0.717, 1.165) is 12.8 Å². The smallest absolute Gasteiger partial charge is 0.139 e. The number of hydrogen-bond donors (Lipinski definition) is 0. The number of hydrogen-bond acceptors (Lipinski definition) is 1. The first-order valence-electron chi connectivity index (χ1n) is 5.93. The molecule has 1 nitrogen and oxygen atoms in total. The molecule has 2 bridgehead atoms. The Kier molecular flexibility index (Phi) is 3.08. The highest BCUT2D eigenvalue weighted by atomic mass is 16.1. The van der Waals surface area contributed by atoms with E-state index in [1.54, 1.807) is 0 Å². The van der Waals surface area contributed by atoms with Crippen LogP contribution in [0.5, 0.6) is 0 Å². The van der Waals surface area contributed by atoms with Crippen molar-refractivity contribution in [3.63, 3.8) is 0 Å². The zero-order chi connectivity index (χ0) is 11.0. The summed E-state index contributed by atoms with van der Waals surface area (Å²) >= 11 is 0. The summed E-state index contributed by atoms with van der Waals surface area (Å²) in [6.07, 6.45) is 4.50. The largest absolute Gasteiger partial charge is 0.299 e. The number of carbonyl (C=O) groups excluding carboxylic acids is 1. The Morgan fingerprint density at radius 3 is 1.93 bits per heavy atom. The Morgan fingerprint density at radius 1 is 1.29 bits per heavy atom. The highest BCUT2D eigenvalue weighted by molar-refractivity contribution is 5.89. The molecule has 2 atom stereocenters. The van der Waals surface area contributed by atoms with Crippen molar-refractivity contribution < 1.29 is 4.79 Å². The van der Waals surface area contributed by atoms with E-state index in [2.05, 4.69) is 34.6 Å². The lowest BCUT2D eigenvalue weighted by Gasteiger charge is -2.32. The molecule has 0 saturated heterocycles. The SMILES string of the molecule is CC12CCC(CC1=O)C2(C)C.CCC. The van der Waals surface area contributed by atoms with Crippen LogP contribution in [0.4, 0.5) is 0 Å². The van der Waals surface area contributed by atoms with Crippen molar-refractivity contribution in [2.24, 2.45) is 16.7 Å². The second-order valence-corrected chi connectivity index (χ2v) is 5.62. The van der Waals surface area contributed by atoms with E-state index in [-0.39, 0.29) is 10.8 Å². The van der Waals surface area contributed by atoms with Crippen LogP contribution in [0.2, 0.25) is 0 Å². The number of Topliss-reactive ketones (excluding diaryl/α,β-unsaturated/α-hetero) is 1. The molecular formula is C13H24O. The molecule has 0 aromatic carbocycles. The standard InChI is InChI=1S/C10H16O.C3H8/c1-9(2)7-4-5-10(9,3)8(11)6-7;1-3-2/h7H,4-6H2,1-3H3;3H2,1-2H3. The predicted molar refractivity (Wildman–Crippen MR) is 60.2 cm³/mol. The fourth-order valence-electron chi connectivity index (χ4n) is 2.90. The fourth-order valence-corrected chi connectivity index (χ4v) is 2.90. The quantitative estimate of drug-likeness (QED) is 0.575. The number of ketones is 1. The minimum absolute atomic E-state index is 0.0255. The van der Waals surface area contributed by atoms with Crippen molar-refractivity contribution in [1.29, 1.82) is 0 Å². The van der Waals surface area contributed by atoms with Gasteiger partial charge in [-0.2, -0.15) is 0 Å². The van der Waals surface area contributed by atoms with Gasteiger partial charge in [-0.1, -0.05) is 41.0 Å². The Balaban J connectivity index is 0.000000293. The molecule has 2 aliphatic rings. The Hall–Kier alpha value is -0.330. The minimum atomic E-state index is 0.0255. The van der Waals surface area contributed by atoms with Crippen LogP contribution in [0.15, 0.2) is 0 Å². The predicted octanol–water partition coefficient (Wildman–Crippen LogP) is 3.82. The third kappa shape index (κ3) is 1.41. The lowest BCUT2D eigenvalue weighted by atomic mass is 9.70. The van der Waals surface area contributed by atoms with Gasteiger partial charge in [0, 0.05) is 11.8 Å². The summed E-state index contributed by atoms with van der Waals surface area (Å²) in [6, 6.07) is 0. The molecule has 0 N–H and O–H groups in total. The molecule has 2 unspecified atom stereocenters. The molecule has 0 heterocycles. The summed E-state index contributed by atoms with van der Waals surface area (Å²) in [6.45, 7) is 10.9. The van der Waals surface area contributed by atoms with Gasteiger partial charge in [0.1, 0.15) is 5.78 Å². The lowest BCUT2D eigenvalue weighted by molar-refractivity contribution is -0.128. The molecule has 2 rings (SSSR count). The number of rotatable bonds is 0. The fraction of sp³-hybridized carbons (Fsp3) is 0.923. The first-order valence-corrected chi connectivity index (χ1v) is 5.93. The zero-order valence-corrected chi connectivity index (χ0v) is 10.3. The Bertz CT molecular complexity index is 229. The van der Waals surface area contributed by atoms with Gasteiger partial charge in [-0.15, -0.1) is 0 Å². The molecule has 0 aromatic rings. The maximum Gasteiger partial charge on any atom is 0.139 e. The highest BCUT2D eigenvalue weighted by Crippen LogP contribution is 2.63. The normalized spacial score (nSPS) is 38.1. The van der Waals surface area contributed by atoms with Gasteiger partial charge in [-0.25, -0.2) is 0 Å². The first kappa shape index (κ1) is 11.7. The van der Waals surface area contributed by atoms with Gasteiger partial charge in [-0.05, 0) is 24.2 Å². The minimum Gasteiger partial charge on any atom is -0.299 e. The molecule has 0 spiro atoms. The molecule has 1 heteroatoms. The third-order valence-electron chi connectivity index (χ3n) is 4.48. The summed E-state index contributed by atoms with van der Waals surface area (Å²) < 4.78 is 0. The van der Waals surface area contributed by atoms with Crippen LogP contribution in [0.25, 0.3) is 0 Å². The van der Waals surface area contributed by atoms with Crippen LogP contribution in [-0.4, -0.2) is 5.78 Å². The summed E-state index contributed by atoms with van der Waals surface area (Å²) in [5.74, 6) is 1.19. The highest BCUT2D eigenvalue weighted by Gasteiger charge is 2.61. The van der Waals surface area contributed by atoms with Gasteiger partial charge in [0.2, 0.25) is 0 Å². The maximum atomic E-state index is 11.6. The average molecular weight is 196 g/mol. The van der Waals surface area contributed by atoms with E-state index in [1.165, 1.54) is 12.8 Å². The van der Waals surface area contributed by atoms with Gasteiger partial charge < -0.3 is 0 Å².